The highest BCUT2D eigenvalue weighted by Gasteiger charge is 2.25. The van der Waals surface area contributed by atoms with Gasteiger partial charge in [0.25, 0.3) is 11.8 Å². The molecule has 0 atom stereocenters. The lowest BCUT2D eigenvalue weighted by atomic mass is 10.0. The number of hydrogen-bond acceptors (Lipinski definition) is 4. The second-order valence-electron chi connectivity index (χ2n) is 8.04. The number of hydrogen-bond donors (Lipinski definition) is 2. The average Bonchev–Trinajstić information content (AvgIpc) is 3.24. The number of anilines is 1. The largest absolute Gasteiger partial charge is 0.382 e. The van der Waals surface area contributed by atoms with Crippen LogP contribution in [0.25, 0.3) is 22.0 Å². The van der Waals surface area contributed by atoms with Crippen molar-refractivity contribution < 1.29 is 14.0 Å². The molecule has 0 spiro atoms. The number of piperazine rings is 1. The third-order valence-corrected chi connectivity index (χ3v) is 6.00. The first-order valence-electron chi connectivity index (χ1n) is 10.7. The molecule has 2 heterocycles. The number of halogens is 1. The van der Waals surface area contributed by atoms with E-state index in [0.717, 1.165) is 22.0 Å². The number of nitrogens with two attached hydrogens (primary N) is 1. The molecule has 0 unspecified atom stereocenters. The summed E-state index contributed by atoms with van der Waals surface area (Å²) in [7, 11) is 0. The van der Waals surface area contributed by atoms with Crippen molar-refractivity contribution in [3.63, 3.8) is 0 Å². The van der Waals surface area contributed by atoms with Crippen LogP contribution in [0.3, 0.4) is 0 Å². The van der Waals surface area contributed by atoms with Gasteiger partial charge >= 0.3 is 0 Å². The number of rotatable bonds is 3. The third-order valence-electron chi connectivity index (χ3n) is 6.00. The topological polar surface area (TPSA) is 95.3 Å². The molecule has 4 aromatic rings. The summed E-state index contributed by atoms with van der Waals surface area (Å²) in [5.41, 5.74) is 9.72. The van der Waals surface area contributed by atoms with Crippen LogP contribution in [-0.2, 0) is 0 Å². The number of nitrogens with zero attached hydrogens (tertiary/aromatic N) is 3. The fourth-order valence-corrected chi connectivity index (χ4v) is 4.10. The Labute approximate surface area is 189 Å². The number of fused-ring (bicyclic) bond motifs is 1. The molecule has 0 radical (unpaired) electrons. The van der Waals surface area contributed by atoms with E-state index < -0.39 is 0 Å². The van der Waals surface area contributed by atoms with Crippen molar-refractivity contribution in [1.29, 1.82) is 0 Å². The predicted octanol–water partition coefficient (Wildman–Crippen LogP) is 3.55. The Morgan fingerprint density at radius 3 is 1.88 bits per heavy atom. The molecule has 1 saturated heterocycles. The van der Waals surface area contributed by atoms with Gasteiger partial charge < -0.3 is 15.5 Å². The average molecular weight is 443 g/mol. The minimum absolute atomic E-state index is 0.0628. The Kier molecular flexibility index (Phi) is 5.26. The van der Waals surface area contributed by atoms with Gasteiger partial charge in [-0.25, -0.2) is 4.39 Å². The molecule has 5 rings (SSSR count). The Bertz CT molecular complexity index is 1320. The molecule has 0 bridgehead atoms. The zero-order chi connectivity index (χ0) is 22.9. The molecular formula is C25H22FN5O2. The molecule has 7 nitrogen and oxygen atoms in total. The number of nitrogen functional groups attached to an aromatic ring is 1. The van der Waals surface area contributed by atoms with E-state index in [-0.39, 0.29) is 17.6 Å². The smallest absolute Gasteiger partial charge is 0.253 e. The number of nitrogens with one attached hydrogen (secondary N) is 1. The van der Waals surface area contributed by atoms with Crippen LogP contribution in [0.5, 0.6) is 0 Å². The maximum absolute atomic E-state index is 13.1. The highest BCUT2D eigenvalue weighted by Crippen LogP contribution is 2.26. The Balaban J connectivity index is 1.23. The molecule has 1 aliphatic rings. The number of carbonyl (C=O) groups is 2. The summed E-state index contributed by atoms with van der Waals surface area (Å²) in [4.78, 5) is 29.0. The van der Waals surface area contributed by atoms with E-state index in [9.17, 15) is 14.0 Å². The third kappa shape index (κ3) is 4.03. The molecule has 1 aliphatic heterocycles. The zero-order valence-corrected chi connectivity index (χ0v) is 17.8. The van der Waals surface area contributed by atoms with Gasteiger partial charge in [-0.05, 0) is 59.7 Å². The van der Waals surface area contributed by atoms with Crippen molar-refractivity contribution in [3.8, 4) is 11.1 Å². The Morgan fingerprint density at radius 1 is 0.788 bits per heavy atom. The summed E-state index contributed by atoms with van der Waals surface area (Å²) in [6.45, 7) is 1.78. The van der Waals surface area contributed by atoms with Crippen molar-refractivity contribution >= 4 is 28.5 Å². The van der Waals surface area contributed by atoms with Gasteiger partial charge in [0.05, 0.1) is 5.52 Å². The number of amides is 2. The highest BCUT2D eigenvalue weighted by molar-refractivity contribution is 5.96. The lowest BCUT2D eigenvalue weighted by Crippen LogP contribution is -2.50. The van der Waals surface area contributed by atoms with Gasteiger partial charge in [-0.1, -0.05) is 18.2 Å². The summed E-state index contributed by atoms with van der Waals surface area (Å²) in [5, 5.41) is 7.81. The van der Waals surface area contributed by atoms with E-state index >= 15 is 0 Å². The van der Waals surface area contributed by atoms with Crippen molar-refractivity contribution in [2.24, 2.45) is 0 Å². The molecule has 0 aliphatic carbocycles. The number of aromatic nitrogens is 2. The van der Waals surface area contributed by atoms with E-state index in [0.29, 0.717) is 43.1 Å². The SMILES string of the molecule is Nc1n[nH]c2cc(-c3ccc(C(=O)N4CCN(C(=O)c5ccc(F)cc5)CC4)cc3)ccc12. The number of carbonyl (C=O) groups excluding carboxylic acids is 2. The van der Waals surface area contributed by atoms with Crippen LogP contribution in [0.4, 0.5) is 10.2 Å². The van der Waals surface area contributed by atoms with Gasteiger partial charge in [0.15, 0.2) is 5.82 Å². The monoisotopic (exact) mass is 443 g/mol. The van der Waals surface area contributed by atoms with Gasteiger partial charge in [-0.2, -0.15) is 5.10 Å². The van der Waals surface area contributed by atoms with Gasteiger partial charge in [0.1, 0.15) is 5.82 Å². The minimum Gasteiger partial charge on any atom is -0.382 e. The summed E-state index contributed by atoms with van der Waals surface area (Å²) >= 11 is 0. The summed E-state index contributed by atoms with van der Waals surface area (Å²) in [5.74, 6) is -0.119. The van der Waals surface area contributed by atoms with Crippen LogP contribution in [0.15, 0.2) is 66.7 Å². The first kappa shape index (κ1) is 20.7. The summed E-state index contributed by atoms with van der Waals surface area (Å²) in [6.07, 6.45) is 0. The second-order valence-corrected chi connectivity index (χ2v) is 8.04. The standard InChI is InChI=1S/C25H22FN5O2/c26-20-8-5-18(6-9-20)25(33)31-13-11-30(12-14-31)24(32)17-3-1-16(2-4-17)19-7-10-21-22(15-19)28-29-23(21)27/h1-10,15H,11-14H2,(H3,27,28,29). The first-order chi connectivity index (χ1) is 16.0. The Morgan fingerprint density at radius 2 is 1.30 bits per heavy atom. The van der Waals surface area contributed by atoms with E-state index in [1.165, 1.54) is 24.3 Å². The van der Waals surface area contributed by atoms with Crippen LogP contribution in [0, 0.1) is 5.82 Å². The number of aromatic amines is 1. The van der Waals surface area contributed by atoms with Crippen LogP contribution < -0.4 is 5.73 Å². The van der Waals surface area contributed by atoms with Crippen molar-refractivity contribution in [1.82, 2.24) is 20.0 Å². The van der Waals surface area contributed by atoms with Crippen LogP contribution >= 0.6 is 0 Å². The predicted molar refractivity (Wildman–Crippen MR) is 124 cm³/mol. The molecule has 0 saturated carbocycles. The normalized spacial score (nSPS) is 14.0. The van der Waals surface area contributed by atoms with E-state index in [4.69, 9.17) is 5.73 Å². The number of H-pyrrole nitrogens is 1. The van der Waals surface area contributed by atoms with E-state index in [1.54, 1.807) is 9.80 Å². The maximum atomic E-state index is 13.1. The van der Waals surface area contributed by atoms with Crippen LogP contribution in [0.2, 0.25) is 0 Å². The van der Waals surface area contributed by atoms with Crippen molar-refractivity contribution in [2.75, 3.05) is 31.9 Å². The Hall–Kier alpha value is -4.20. The fraction of sp³-hybridized carbons (Fsp3) is 0.160. The number of benzene rings is 3. The van der Waals surface area contributed by atoms with Crippen LogP contribution in [-0.4, -0.2) is 58.0 Å². The molecule has 3 aromatic carbocycles. The van der Waals surface area contributed by atoms with Gasteiger partial charge in [0.2, 0.25) is 0 Å². The van der Waals surface area contributed by atoms with Gasteiger partial charge in [0, 0.05) is 42.7 Å². The zero-order valence-electron chi connectivity index (χ0n) is 17.8. The van der Waals surface area contributed by atoms with Crippen molar-refractivity contribution in [3.05, 3.63) is 83.7 Å². The first-order valence-corrected chi connectivity index (χ1v) is 10.7. The lowest BCUT2D eigenvalue weighted by molar-refractivity contribution is 0.0535. The van der Waals surface area contributed by atoms with Gasteiger partial charge in [-0.15, -0.1) is 0 Å². The molecule has 8 heteroatoms. The summed E-state index contributed by atoms with van der Waals surface area (Å²) in [6, 6.07) is 18.9. The minimum atomic E-state index is -0.375. The molecule has 33 heavy (non-hydrogen) atoms. The van der Waals surface area contributed by atoms with Gasteiger partial charge in [-0.3, -0.25) is 14.7 Å². The molecule has 166 valence electrons. The lowest BCUT2D eigenvalue weighted by Gasteiger charge is -2.35. The highest BCUT2D eigenvalue weighted by atomic mass is 19.1. The van der Waals surface area contributed by atoms with E-state index in [1.807, 2.05) is 42.5 Å². The van der Waals surface area contributed by atoms with E-state index in [2.05, 4.69) is 10.2 Å². The summed E-state index contributed by atoms with van der Waals surface area (Å²) < 4.78 is 13.1. The van der Waals surface area contributed by atoms with Crippen molar-refractivity contribution in [2.45, 2.75) is 0 Å². The fourth-order valence-electron chi connectivity index (χ4n) is 4.10. The van der Waals surface area contributed by atoms with Crippen LogP contribution in [0.1, 0.15) is 20.7 Å². The maximum Gasteiger partial charge on any atom is 0.253 e. The molecule has 2 amide bonds. The second kappa shape index (κ2) is 8.38. The molecule has 3 N–H and O–H groups in total. The molecule has 1 aromatic heterocycles. The molecular weight excluding hydrogens is 421 g/mol. The molecule has 1 fully saturated rings. The quantitative estimate of drug-likeness (QED) is 0.506.